The molecule has 2 N–H and O–H groups in total. The number of benzene rings is 1. The van der Waals surface area contributed by atoms with E-state index in [1.54, 1.807) is 0 Å². The van der Waals surface area contributed by atoms with Crippen LogP contribution in [-0.2, 0) is 6.18 Å². The summed E-state index contributed by atoms with van der Waals surface area (Å²) in [6.07, 6.45) is -4.46. The Labute approximate surface area is 84.9 Å². The molecular weight excluding hydrogens is 207 g/mol. The van der Waals surface area contributed by atoms with Gasteiger partial charge < -0.3 is 5.73 Å². The molecule has 0 saturated carbocycles. The van der Waals surface area contributed by atoms with Gasteiger partial charge in [-0.25, -0.2) is 0 Å². The van der Waals surface area contributed by atoms with Gasteiger partial charge in [-0.15, -0.1) is 0 Å². The van der Waals surface area contributed by atoms with Crippen LogP contribution in [0.4, 0.5) is 18.9 Å². The van der Waals surface area contributed by atoms with E-state index < -0.39 is 17.5 Å². The van der Waals surface area contributed by atoms with Gasteiger partial charge in [-0.05, 0) is 31.5 Å². The first-order valence-corrected chi connectivity index (χ1v) is 4.21. The van der Waals surface area contributed by atoms with Crippen LogP contribution in [0, 0.1) is 6.92 Å². The summed E-state index contributed by atoms with van der Waals surface area (Å²) >= 11 is 0. The number of Topliss-reactive ketones (excluding diaryl/α,β-unsaturated/α-hetero) is 1. The van der Waals surface area contributed by atoms with E-state index in [4.69, 9.17) is 5.73 Å². The zero-order valence-electron chi connectivity index (χ0n) is 8.27. The predicted octanol–water partition coefficient (Wildman–Crippen LogP) is 2.80. The first kappa shape index (κ1) is 11.6. The summed E-state index contributed by atoms with van der Waals surface area (Å²) in [4.78, 5) is 11.1. The lowest BCUT2D eigenvalue weighted by atomic mass is 10.0. The number of carbonyl (C=O) groups excluding carboxylic acids is 1. The molecule has 0 bridgehead atoms. The lowest BCUT2D eigenvalue weighted by Crippen LogP contribution is -2.10. The van der Waals surface area contributed by atoms with Crippen LogP contribution < -0.4 is 5.73 Å². The smallest absolute Gasteiger partial charge is 0.398 e. The average molecular weight is 217 g/mol. The number of halogens is 3. The summed E-state index contributed by atoms with van der Waals surface area (Å²) in [5, 5.41) is 0. The van der Waals surface area contributed by atoms with Crippen LogP contribution in [0.2, 0.25) is 0 Å². The van der Waals surface area contributed by atoms with Gasteiger partial charge in [0.05, 0.1) is 5.56 Å². The molecule has 1 aromatic carbocycles. The minimum absolute atomic E-state index is 0.0812. The van der Waals surface area contributed by atoms with Gasteiger partial charge in [0.25, 0.3) is 0 Å². The molecule has 0 aromatic heterocycles. The molecule has 0 radical (unpaired) electrons. The second-order valence-electron chi connectivity index (χ2n) is 3.31. The number of hydrogen-bond donors (Lipinski definition) is 1. The average Bonchev–Trinajstić information content (AvgIpc) is 2.06. The highest BCUT2D eigenvalue weighted by Crippen LogP contribution is 2.33. The number of alkyl halides is 3. The Bertz CT molecular complexity index is 410. The molecule has 1 rings (SSSR count). The number of hydrogen-bond acceptors (Lipinski definition) is 2. The SMILES string of the molecule is CC(=O)c1cc(C(F)(F)F)cc(C)c1N. The molecule has 0 aliphatic heterocycles. The summed E-state index contributed by atoms with van der Waals surface area (Å²) in [6, 6.07) is 1.71. The molecule has 0 fully saturated rings. The van der Waals surface area contributed by atoms with E-state index in [1.807, 2.05) is 0 Å². The summed E-state index contributed by atoms with van der Waals surface area (Å²) in [5.41, 5.74) is 4.94. The third-order valence-electron chi connectivity index (χ3n) is 2.09. The molecule has 15 heavy (non-hydrogen) atoms. The van der Waals surface area contributed by atoms with Crippen molar-refractivity contribution >= 4 is 11.5 Å². The van der Waals surface area contributed by atoms with Gasteiger partial charge in [-0.3, -0.25) is 4.79 Å². The molecule has 0 saturated heterocycles. The van der Waals surface area contributed by atoms with Gasteiger partial charge in [0, 0.05) is 11.3 Å². The number of ketones is 1. The Morgan fingerprint density at radius 1 is 1.33 bits per heavy atom. The normalized spacial score (nSPS) is 11.5. The molecule has 1 aromatic rings. The third kappa shape index (κ3) is 2.29. The number of aryl methyl sites for hydroxylation is 1. The van der Waals surface area contributed by atoms with Gasteiger partial charge in [-0.2, -0.15) is 13.2 Å². The van der Waals surface area contributed by atoms with Crippen molar-refractivity contribution in [3.63, 3.8) is 0 Å². The molecular formula is C10H10F3NO. The standard InChI is InChI=1S/C10H10F3NO/c1-5-3-7(10(11,12)13)4-8(6(2)15)9(5)14/h3-4H,14H2,1-2H3. The lowest BCUT2D eigenvalue weighted by Gasteiger charge is -2.12. The molecule has 0 unspecified atom stereocenters. The number of anilines is 1. The van der Waals surface area contributed by atoms with Gasteiger partial charge in [-0.1, -0.05) is 0 Å². The predicted molar refractivity (Wildman–Crippen MR) is 50.6 cm³/mol. The van der Waals surface area contributed by atoms with Crippen LogP contribution in [0.25, 0.3) is 0 Å². The van der Waals surface area contributed by atoms with Crippen LogP contribution in [0.3, 0.4) is 0 Å². The van der Waals surface area contributed by atoms with E-state index >= 15 is 0 Å². The molecule has 0 atom stereocenters. The Morgan fingerprint density at radius 3 is 2.27 bits per heavy atom. The maximum absolute atomic E-state index is 12.4. The summed E-state index contributed by atoms with van der Waals surface area (Å²) in [5.74, 6) is -0.471. The minimum atomic E-state index is -4.46. The first-order chi connectivity index (χ1) is 6.73. The lowest BCUT2D eigenvalue weighted by molar-refractivity contribution is -0.137. The summed E-state index contributed by atoms with van der Waals surface area (Å²) in [7, 11) is 0. The molecule has 5 heteroatoms. The van der Waals surface area contributed by atoms with Crippen LogP contribution >= 0.6 is 0 Å². The van der Waals surface area contributed by atoms with Gasteiger partial charge in [0.15, 0.2) is 5.78 Å². The Morgan fingerprint density at radius 2 is 1.87 bits per heavy atom. The Hall–Kier alpha value is -1.52. The maximum atomic E-state index is 12.4. The number of nitrogens with two attached hydrogens (primary N) is 1. The van der Waals surface area contributed by atoms with E-state index in [-0.39, 0.29) is 16.8 Å². The monoisotopic (exact) mass is 217 g/mol. The highest BCUT2D eigenvalue weighted by atomic mass is 19.4. The van der Waals surface area contributed by atoms with Gasteiger partial charge in [0.1, 0.15) is 0 Å². The first-order valence-electron chi connectivity index (χ1n) is 4.21. The van der Waals surface area contributed by atoms with E-state index in [2.05, 4.69) is 0 Å². The summed E-state index contributed by atoms with van der Waals surface area (Å²) in [6.45, 7) is 2.63. The molecule has 2 nitrogen and oxygen atoms in total. The third-order valence-corrected chi connectivity index (χ3v) is 2.09. The van der Waals surface area contributed by atoms with Crippen LogP contribution in [0.5, 0.6) is 0 Å². The van der Waals surface area contributed by atoms with Crippen molar-refractivity contribution in [2.75, 3.05) is 5.73 Å². The molecule has 0 amide bonds. The fourth-order valence-electron chi connectivity index (χ4n) is 1.25. The maximum Gasteiger partial charge on any atom is 0.416 e. The highest BCUT2D eigenvalue weighted by molar-refractivity contribution is 5.99. The van der Waals surface area contributed by atoms with Crippen LogP contribution in [0.15, 0.2) is 12.1 Å². The van der Waals surface area contributed by atoms with Crippen molar-refractivity contribution in [1.82, 2.24) is 0 Å². The van der Waals surface area contributed by atoms with Crippen LogP contribution in [-0.4, -0.2) is 5.78 Å². The van der Waals surface area contributed by atoms with Gasteiger partial charge in [0.2, 0.25) is 0 Å². The van der Waals surface area contributed by atoms with Crippen molar-refractivity contribution in [2.24, 2.45) is 0 Å². The van der Waals surface area contributed by atoms with E-state index in [9.17, 15) is 18.0 Å². The largest absolute Gasteiger partial charge is 0.416 e. The van der Waals surface area contributed by atoms with Crippen molar-refractivity contribution in [1.29, 1.82) is 0 Å². The second-order valence-corrected chi connectivity index (χ2v) is 3.31. The highest BCUT2D eigenvalue weighted by Gasteiger charge is 2.31. The van der Waals surface area contributed by atoms with Crippen molar-refractivity contribution < 1.29 is 18.0 Å². The molecule has 82 valence electrons. The zero-order valence-corrected chi connectivity index (χ0v) is 8.27. The van der Waals surface area contributed by atoms with E-state index in [0.29, 0.717) is 0 Å². The molecule has 0 heterocycles. The molecule has 0 spiro atoms. The van der Waals surface area contributed by atoms with Gasteiger partial charge >= 0.3 is 6.18 Å². The number of nitrogen functional groups attached to an aromatic ring is 1. The van der Waals surface area contributed by atoms with Crippen molar-refractivity contribution in [3.05, 3.63) is 28.8 Å². The topological polar surface area (TPSA) is 43.1 Å². The Balaban J connectivity index is 3.43. The number of carbonyl (C=O) groups is 1. The van der Waals surface area contributed by atoms with Crippen LogP contribution in [0.1, 0.15) is 28.4 Å². The minimum Gasteiger partial charge on any atom is -0.398 e. The van der Waals surface area contributed by atoms with E-state index in [1.165, 1.54) is 13.8 Å². The van der Waals surface area contributed by atoms with E-state index in [0.717, 1.165) is 12.1 Å². The zero-order chi connectivity index (χ0) is 11.8. The van der Waals surface area contributed by atoms with Crippen molar-refractivity contribution in [2.45, 2.75) is 20.0 Å². The fraction of sp³-hybridized carbons (Fsp3) is 0.300. The fourth-order valence-corrected chi connectivity index (χ4v) is 1.25. The second kappa shape index (κ2) is 3.56. The number of rotatable bonds is 1. The van der Waals surface area contributed by atoms with Crippen molar-refractivity contribution in [3.8, 4) is 0 Å². The quantitative estimate of drug-likeness (QED) is 0.580. The Kier molecular flexibility index (Phi) is 2.75. The molecule has 0 aliphatic carbocycles. The summed E-state index contributed by atoms with van der Waals surface area (Å²) < 4.78 is 37.2. The molecule has 0 aliphatic rings.